The van der Waals surface area contributed by atoms with Crippen molar-refractivity contribution in [2.75, 3.05) is 12.3 Å². The Bertz CT molecular complexity index is 592. The summed E-state index contributed by atoms with van der Waals surface area (Å²) in [5.41, 5.74) is 6.12. The van der Waals surface area contributed by atoms with Crippen LogP contribution in [0.15, 0.2) is 29.2 Å². The van der Waals surface area contributed by atoms with Crippen molar-refractivity contribution in [1.82, 2.24) is 4.31 Å². The van der Waals surface area contributed by atoms with E-state index in [1.165, 1.54) is 6.42 Å². The van der Waals surface area contributed by atoms with E-state index < -0.39 is 10.0 Å². The summed E-state index contributed by atoms with van der Waals surface area (Å²) in [4.78, 5) is 0.337. The number of benzene rings is 1. The maximum Gasteiger partial charge on any atom is 0.243 e. The first-order chi connectivity index (χ1) is 9.55. The first kappa shape index (κ1) is 13.9. The second kappa shape index (κ2) is 5.04. The van der Waals surface area contributed by atoms with E-state index in [1.54, 1.807) is 28.6 Å². The van der Waals surface area contributed by atoms with Gasteiger partial charge in [0.2, 0.25) is 10.0 Å². The van der Waals surface area contributed by atoms with Gasteiger partial charge >= 0.3 is 0 Å². The summed E-state index contributed by atoms with van der Waals surface area (Å²) in [6.45, 7) is 0.650. The molecule has 5 heteroatoms. The molecule has 1 aromatic carbocycles. The lowest BCUT2D eigenvalue weighted by Gasteiger charge is -2.40. The number of sulfonamides is 1. The van der Waals surface area contributed by atoms with Crippen LogP contribution in [0.4, 0.5) is 5.69 Å². The Hall–Kier alpha value is -1.07. The van der Waals surface area contributed by atoms with Crippen LogP contribution in [0.3, 0.4) is 0 Å². The number of nitrogens with zero attached hydrogens (tertiary/aromatic N) is 1. The van der Waals surface area contributed by atoms with Gasteiger partial charge < -0.3 is 5.73 Å². The normalized spacial score (nSPS) is 23.2. The van der Waals surface area contributed by atoms with E-state index in [4.69, 9.17) is 5.73 Å². The molecule has 0 radical (unpaired) electrons. The van der Waals surface area contributed by atoms with E-state index in [-0.39, 0.29) is 5.54 Å². The van der Waals surface area contributed by atoms with Gasteiger partial charge in [-0.2, -0.15) is 4.31 Å². The van der Waals surface area contributed by atoms with Crippen LogP contribution < -0.4 is 5.73 Å². The predicted octanol–water partition coefficient (Wildman–Crippen LogP) is 2.76. The molecule has 2 N–H and O–H groups in total. The second-order valence-corrected chi connectivity index (χ2v) is 7.90. The quantitative estimate of drug-likeness (QED) is 0.853. The number of nitrogen functional groups attached to an aromatic ring is 1. The summed E-state index contributed by atoms with van der Waals surface area (Å²) in [6.07, 6.45) is 7.51. The summed E-state index contributed by atoms with van der Waals surface area (Å²) in [7, 11) is -3.42. The highest BCUT2D eigenvalue weighted by molar-refractivity contribution is 7.89. The van der Waals surface area contributed by atoms with Crippen LogP contribution in [0.5, 0.6) is 0 Å². The number of rotatable bonds is 2. The molecule has 110 valence electrons. The van der Waals surface area contributed by atoms with Crippen LogP contribution in [0.1, 0.15) is 44.9 Å². The molecule has 1 aliphatic carbocycles. The standard InChI is InChI=1S/C15H22N2O2S/c16-13-6-4-7-14(12-13)20(18,19)17-11-5-10-15(17)8-2-1-3-9-15/h4,6-7,12H,1-3,5,8-11,16H2. The Morgan fingerprint density at radius 3 is 2.45 bits per heavy atom. The van der Waals surface area contributed by atoms with Crippen LogP contribution in [0, 0.1) is 0 Å². The van der Waals surface area contributed by atoms with Crippen LogP contribution >= 0.6 is 0 Å². The van der Waals surface area contributed by atoms with Crippen molar-refractivity contribution in [3.05, 3.63) is 24.3 Å². The molecule has 1 spiro atoms. The maximum atomic E-state index is 12.9. The molecule has 0 atom stereocenters. The molecule has 3 rings (SSSR count). The molecule has 20 heavy (non-hydrogen) atoms. The minimum atomic E-state index is -3.42. The molecule has 1 heterocycles. The molecule has 0 bridgehead atoms. The van der Waals surface area contributed by atoms with E-state index in [1.807, 2.05) is 0 Å². The minimum Gasteiger partial charge on any atom is -0.399 e. The molecule has 1 saturated carbocycles. The summed E-state index contributed by atoms with van der Waals surface area (Å²) in [5, 5.41) is 0. The molecule has 4 nitrogen and oxygen atoms in total. The molecular weight excluding hydrogens is 272 g/mol. The Morgan fingerprint density at radius 1 is 1.05 bits per heavy atom. The fourth-order valence-corrected chi connectivity index (χ4v) is 5.74. The Labute approximate surface area is 121 Å². The molecule has 1 aliphatic heterocycles. The van der Waals surface area contributed by atoms with E-state index in [9.17, 15) is 8.42 Å². The highest BCUT2D eigenvalue weighted by atomic mass is 32.2. The third-order valence-corrected chi connectivity index (χ3v) is 6.76. The number of hydrogen-bond donors (Lipinski definition) is 1. The monoisotopic (exact) mass is 294 g/mol. The van der Waals surface area contributed by atoms with E-state index in [2.05, 4.69) is 0 Å². The summed E-state index contributed by atoms with van der Waals surface area (Å²) in [6, 6.07) is 6.66. The Morgan fingerprint density at radius 2 is 1.75 bits per heavy atom. The SMILES string of the molecule is Nc1cccc(S(=O)(=O)N2CCCC23CCCCC3)c1. The topological polar surface area (TPSA) is 63.4 Å². The summed E-state index contributed by atoms with van der Waals surface area (Å²) < 4.78 is 27.6. The molecule has 1 saturated heterocycles. The largest absolute Gasteiger partial charge is 0.399 e. The highest BCUT2D eigenvalue weighted by Gasteiger charge is 2.47. The molecule has 1 aromatic rings. The molecular formula is C15H22N2O2S. The molecule has 2 aliphatic rings. The third-order valence-electron chi connectivity index (χ3n) is 4.76. The van der Waals surface area contributed by atoms with Crippen molar-refractivity contribution < 1.29 is 8.42 Å². The lowest BCUT2D eigenvalue weighted by atomic mass is 9.81. The molecule has 0 amide bonds. The Kier molecular flexibility index (Phi) is 3.50. The van der Waals surface area contributed by atoms with Crippen molar-refractivity contribution in [2.45, 2.75) is 55.4 Å². The molecule has 0 unspecified atom stereocenters. The molecule has 2 fully saturated rings. The zero-order valence-electron chi connectivity index (χ0n) is 11.7. The number of anilines is 1. The van der Waals surface area contributed by atoms with Crippen molar-refractivity contribution >= 4 is 15.7 Å². The zero-order chi connectivity index (χ0) is 14.2. The zero-order valence-corrected chi connectivity index (χ0v) is 12.5. The van der Waals surface area contributed by atoms with E-state index >= 15 is 0 Å². The second-order valence-electron chi connectivity index (χ2n) is 6.04. The Balaban J connectivity index is 1.98. The average molecular weight is 294 g/mol. The summed E-state index contributed by atoms with van der Waals surface area (Å²) in [5.74, 6) is 0. The fourth-order valence-electron chi connectivity index (χ4n) is 3.80. The van der Waals surface area contributed by atoms with Crippen LogP contribution in [-0.4, -0.2) is 24.8 Å². The van der Waals surface area contributed by atoms with Gasteiger partial charge in [-0.25, -0.2) is 8.42 Å². The number of nitrogens with two attached hydrogens (primary N) is 1. The van der Waals surface area contributed by atoms with E-state index in [0.29, 0.717) is 17.1 Å². The minimum absolute atomic E-state index is 0.123. The maximum absolute atomic E-state index is 12.9. The van der Waals surface area contributed by atoms with Gasteiger partial charge in [-0.1, -0.05) is 25.3 Å². The smallest absolute Gasteiger partial charge is 0.243 e. The van der Waals surface area contributed by atoms with Gasteiger partial charge in [0.25, 0.3) is 0 Å². The van der Waals surface area contributed by atoms with Crippen molar-refractivity contribution in [3.63, 3.8) is 0 Å². The van der Waals surface area contributed by atoms with Gasteiger partial charge in [-0.3, -0.25) is 0 Å². The van der Waals surface area contributed by atoms with Crippen LogP contribution in [-0.2, 0) is 10.0 Å². The highest BCUT2D eigenvalue weighted by Crippen LogP contribution is 2.44. The van der Waals surface area contributed by atoms with Crippen molar-refractivity contribution in [1.29, 1.82) is 0 Å². The molecule has 0 aromatic heterocycles. The lowest BCUT2D eigenvalue weighted by Crippen LogP contribution is -2.48. The van der Waals surface area contributed by atoms with Gasteiger partial charge in [0, 0.05) is 17.8 Å². The van der Waals surface area contributed by atoms with Crippen LogP contribution in [0.25, 0.3) is 0 Å². The summed E-state index contributed by atoms with van der Waals surface area (Å²) >= 11 is 0. The van der Waals surface area contributed by atoms with Crippen molar-refractivity contribution in [3.8, 4) is 0 Å². The fraction of sp³-hybridized carbons (Fsp3) is 0.600. The first-order valence-electron chi connectivity index (χ1n) is 7.43. The lowest BCUT2D eigenvalue weighted by molar-refractivity contribution is 0.171. The van der Waals surface area contributed by atoms with Gasteiger partial charge in [0.15, 0.2) is 0 Å². The third kappa shape index (κ3) is 2.23. The average Bonchev–Trinajstić information content (AvgIpc) is 2.83. The van der Waals surface area contributed by atoms with Gasteiger partial charge in [0.05, 0.1) is 4.90 Å². The van der Waals surface area contributed by atoms with E-state index in [0.717, 1.165) is 38.5 Å². The number of hydrogen-bond acceptors (Lipinski definition) is 3. The van der Waals surface area contributed by atoms with Gasteiger partial charge in [-0.05, 0) is 43.9 Å². The van der Waals surface area contributed by atoms with Crippen molar-refractivity contribution in [2.24, 2.45) is 0 Å². The van der Waals surface area contributed by atoms with Gasteiger partial charge in [0.1, 0.15) is 0 Å². The predicted molar refractivity (Wildman–Crippen MR) is 79.8 cm³/mol. The first-order valence-corrected chi connectivity index (χ1v) is 8.87. The van der Waals surface area contributed by atoms with Gasteiger partial charge in [-0.15, -0.1) is 0 Å². The van der Waals surface area contributed by atoms with Crippen LogP contribution in [0.2, 0.25) is 0 Å².